The van der Waals surface area contributed by atoms with Crippen LogP contribution in [0.25, 0.3) is 0 Å². The molecule has 0 aliphatic heterocycles. The fourth-order valence-electron chi connectivity index (χ4n) is 0.670. The smallest absolute Gasteiger partial charge is 0.0940 e. The van der Waals surface area contributed by atoms with E-state index < -0.39 is 0 Å². The molecule has 0 radical (unpaired) electrons. The second kappa shape index (κ2) is 2.53. The van der Waals surface area contributed by atoms with Crippen molar-refractivity contribution in [2.24, 2.45) is 0 Å². The minimum Gasteiger partial charge on any atom is -0.472 e. The summed E-state index contributed by atoms with van der Waals surface area (Å²) in [6.07, 6.45) is 5.31. The summed E-state index contributed by atoms with van der Waals surface area (Å²) in [5.41, 5.74) is 1.19. The van der Waals surface area contributed by atoms with Gasteiger partial charge >= 0.3 is 0 Å². The van der Waals surface area contributed by atoms with Crippen molar-refractivity contribution in [2.45, 2.75) is 12.8 Å². The highest BCUT2D eigenvalue weighted by Gasteiger charge is 1.99. The first-order chi connectivity index (χ1) is 4.34. The second-order valence-electron chi connectivity index (χ2n) is 2.08. The summed E-state index contributed by atoms with van der Waals surface area (Å²) in [6, 6.07) is 1.95. The van der Waals surface area contributed by atoms with Crippen LogP contribution >= 0.6 is 0 Å². The largest absolute Gasteiger partial charge is 0.472 e. The molecule has 0 unspecified atom stereocenters. The summed E-state index contributed by atoms with van der Waals surface area (Å²) in [4.78, 5) is 0. The molecule has 1 nitrogen and oxygen atoms in total. The lowest BCUT2D eigenvalue weighted by Crippen LogP contribution is -1.82. The highest BCUT2D eigenvalue weighted by molar-refractivity contribution is 5.15. The molecule has 0 aromatic carbocycles. The van der Waals surface area contributed by atoms with Gasteiger partial charge in [0.25, 0.3) is 0 Å². The van der Waals surface area contributed by atoms with Crippen LogP contribution in [0.3, 0.4) is 0 Å². The summed E-state index contributed by atoms with van der Waals surface area (Å²) in [5.74, 6) is 0.406. The third-order valence-electron chi connectivity index (χ3n) is 1.42. The standard InChI is InChI=1S/C8H10O/c1-3-7(2)8-4-5-9-6-8/h3-7H,1H2,2H3/t7-/m0/s1. The van der Waals surface area contributed by atoms with Gasteiger partial charge in [-0.25, -0.2) is 0 Å². The molecule has 0 saturated carbocycles. The van der Waals surface area contributed by atoms with Crippen molar-refractivity contribution in [1.29, 1.82) is 0 Å². The topological polar surface area (TPSA) is 13.1 Å². The Bertz CT molecular complexity index is 174. The van der Waals surface area contributed by atoms with Crippen molar-refractivity contribution in [2.75, 3.05) is 0 Å². The van der Waals surface area contributed by atoms with E-state index in [0.717, 1.165) is 0 Å². The molecule has 0 aliphatic rings. The Balaban J connectivity index is 2.76. The minimum absolute atomic E-state index is 0.406. The molecule has 9 heavy (non-hydrogen) atoms. The van der Waals surface area contributed by atoms with Crippen LogP contribution in [0.1, 0.15) is 18.4 Å². The summed E-state index contributed by atoms with van der Waals surface area (Å²) in [5, 5.41) is 0. The lowest BCUT2D eigenvalue weighted by Gasteiger charge is -1.97. The Labute approximate surface area is 55.0 Å². The van der Waals surface area contributed by atoms with Crippen LogP contribution in [0.5, 0.6) is 0 Å². The van der Waals surface area contributed by atoms with Crippen LogP contribution in [0, 0.1) is 0 Å². The van der Waals surface area contributed by atoms with E-state index >= 15 is 0 Å². The van der Waals surface area contributed by atoms with Crippen molar-refractivity contribution < 1.29 is 4.42 Å². The molecule has 0 bridgehead atoms. The number of rotatable bonds is 2. The van der Waals surface area contributed by atoms with Crippen molar-refractivity contribution in [3.8, 4) is 0 Å². The zero-order chi connectivity index (χ0) is 6.69. The predicted molar refractivity (Wildman–Crippen MR) is 37.3 cm³/mol. The average molecular weight is 122 g/mol. The summed E-state index contributed by atoms with van der Waals surface area (Å²) >= 11 is 0. The highest BCUT2D eigenvalue weighted by atomic mass is 16.3. The van der Waals surface area contributed by atoms with E-state index in [9.17, 15) is 0 Å². The first kappa shape index (κ1) is 6.14. The van der Waals surface area contributed by atoms with Gasteiger partial charge in [-0.1, -0.05) is 13.0 Å². The van der Waals surface area contributed by atoms with Gasteiger partial charge in [0.05, 0.1) is 12.5 Å². The van der Waals surface area contributed by atoms with E-state index in [1.807, 2.05) is 12.1 Å². The van der Waals surface area contributed by atoms with E-state index in [2.05, 4.69) is 13.5 Å². The van der Waals surface area contributed by atoms with E-state index in [-0.39, 0.29) is 0 Å². The third-order valence-corrected chi connectivity index (χ3v) is 1.42. The fourth-order valence-corrected chi connectivity index (χ4v) is 0.670. The van der Waals surface area contributed by atoms with E-state index in [1.54, 1.807) is 12.5 Å². The van der Waals surface area contributed by atoms with Crippen LogP contribution in [0.4, 0.5) is 0 Å². The number of allylic oxidation sites excluding steroid dienone is 1. The van der Waals surface area contributed by atoms with Gasteiger partial charge in [0.15, 0.2) is 0 Å². The van der Waals surface area contributed by atoms with Gasteiger partial charge < -0.3 is 4.42 Å². The van der Waals surface area contributed by atoms with Crippen LogP contribution in [-0.4, -0.2) is 0 Å². The molecule has 0 N–H and O–H groups in total. The maximum absolute atomic E-state index is 4.89. The first-order valence-corrected chi connectivity index (χ1v) is 2.99. The van der Waals surface area contributed by atoms with Crippen molar-refractivity contribution in [3.05, 3.63) is 36.8 Å². The molecule has 1 heterocycles. The van der Waals surface area contributed by atoms with Crippen molar-refractivity contribution in [1.82, 2.24) is 0 Å². The van der Waals surface area contributed by atoms with E-state index in [1.165, 1.54) is 5.56 Å². The van der Waals surface area contributed by atoms with Gasteiger partial charge in [0.1, 0.15) is 0 Å². The van der Waals surface area contributed by atoms with Gasteiger partial charge in [0, 0.05) is 5.92 Å². The van der Waals surface area contributed by atoms with Crippen LogP contribution in [0.2, 0.25) is 0 Å². The zero-order valence-corrected chi connectivity index (χ0v) is 5.50. The molecule has 0 amide bonds. The van der Waals surface area contributed by atoms with Gasteiger partial charge in [-0.15, -0.1) is 6.58 Å². The van der Waals surface area contributed by atoms with Crippen molar-refractivity contribution in [3.63, 3.8) is 0 Å². The Hall–Kier alpha value is -0.980. The lowest BCUT2D eigenvalue weighted by atomic mass is 10.1. The molecule has 1 atom stereocenters. The summed E-state index contributed by atoms with van der Waals surface area (Å²) in [7, 11) is 0. The molecule has 1 aromatic rings. The predicted octanol–water partition coefficient (Wildman–Crippen LogP) is 2.57. The maximum atomic E-state index is 4.89. The minimum atomic E-state index is 0.406. The molecule has 0 saturated heterocycles. The van der Waals surface area contributed by atoms with Gasteiger partial charge in [-0.2, -0.15) is 0 Å². The van der Waals surface area contributed by atoms with Crippen molar-refractivity contribution >= 4 is 0 Å². The third kappa shape index (κ3) is 1.22. The van der Waals surface area contributed by atoms with Gasteiger partial charge in [-0.3, -0.25) is 0 Å². The Morgan fingerprint density at radius 2 is 2.56 bits per heavy atom. The Morgan fingerprint density at radius 3 is 3.00 bits per heavy atom. The molecular formula is C8H10O. The van der Waals surface area contributed by atoms with Crippen LogP contribution in [-0.2, 0) is 0 Å². The molecule has 0 fully saturated rings. The molecule has 0 spiro atoms. The monoisotopic (exact) mass is 122 g/mol. The zero-order valence-electron chi connectivity index (χ0n) is 5.50. The van der Waals surface area contributed by atoms with Gasteiger partial charge in [0.2, 0.25) is 0 Å². The summed E-state index contributed by atoms with van der Waals surface area (Å²) < 4.78 is 4.89. The average Bonchev–Trinajstić information content (AvgIpc) is 2.37. The first-order valence-electron chi connectivity index (χ1n) is 2.99. The Morgan fingerprint density at radius 1 is 1.78 bits per heavy atom. The molecule has 1 aromatic heterocycles. The molecule has 1 heteroatoms. The van der Waals surface area contributed by atoms with E-state index in [0.29, 0.717) is 5.92 Å². The second-order valence-corrected chi connectivity index (χ2v) is 2.08. The highest BCUT2D eigenvalue weighted by Crippen LogP contribution is 2.14. The lowest BCUT2D eigenvalue weighted by molar-refractivity contribution is 0.563. The SMILES string of the molecule is C=C[C@H](C)c1ccoc1. The van der Waals surface area contributed by atoms with Crippen LogP contribution < -0.4 is 0 Å². The molecule has 0 aliphatic carbocycles. The molecule has 48 valence electrons. The fraction of sp³-hybridized carbons (Fsp3) is 0.250. The number of furan rings is 1. The maximum Gasteiger partial charge on any atom is 0.0940 e. The molecule has 1 rings (SSSR count). The number of hydrogen-bond acceptors (Lipinski definition) is 1. The Kier molecular flexibility index (Phi) is 1.73. The van der Waals surface area contributed by atoms with Crippen LogP contribution in [0.15, 0.2) is 35.7 Å². The molecular weight excluding hydrogens is 112 g/mol. The normalized spacial score (nSPS) is 13.0. The number of hydrogen-bond donors (Lipinski definition) is 0. The van der Waals surface area contributed by atoms with E-state index in [4.69, 9.17) is 4.42 Å². The summed E-state index contributed by atoms with van der Waals surface area (Å²) in [6.45, 7) is 5.76. The van der Waals surface area contributed by atoms with Gasteiger partial charge in [-0.05, 0) is 11.6 Å². The quantitative estimate of drug-likeness (QED) is 0.549.